The predicted molar refractivity (Wildman–Crippen MR) is 222 cm³/mol. The molecule has 0 saturated heterocycles. The van der Waals surface area contributed by atoms with Gasteiger partial charge < -0.3 is 0 Å². The van der Waals surface area contributed by atoms with Crippen molar-refractivity contribution in [3.8, 4) is 44.5 Å². The monoisotopic (exact) mass is 666 g/mol. The van der Waals surface area contributed by atoms with Gasteiger partial charge in [0.15, 0.2) is 0 Å². The van der Waals surface area contributed by atoms with Crippen LogP contribution in [0.2, 0.25) is 0 Å². The van der Waals surface area contributed by atoms with Gasteiger partial charge in [0.25, 0.3) is 0 Å². The van der Waals surface area contributed by atoms with Crippen molar-refractivity contribution < 1.29 is 0 Å². The fourth-order valence-electron chi connectivity index (χ4n) is 10.2. The van der Waals surface area contributed by atoms with Gasteiger partial charge in [0.1, 0.15) is 0 Å². The molecule has 0 bridgehead atoms. The molecule has 0 N–H and O–H groups in total. The van der Waals surface area contributed by atoms with E-state index < -0.39 is 0 Å². The summed E-state index contributed by atoms with van der Waals surface area (Å²) in [5, 5.41) is 0. The van der Waals surface area contributed by atoms with E-state index in [4.69, 9.17) is 0 Å². The Morgan fingerprint density at radius 3 is 0.981 bits per heavy atom. The van der Waals surface area contributed by atoms with Gasteiger partial charge in [-0.1, -0.05) is 185 Å². The van der Waals surface area contributed by atoms with E-state index in [0.717, 1.165) is 0 Å². The molecule has 0 amide bonds. The van der Waals surface area contributed by atoms with Crippen molar-refractivity contribution in [3.63, 3.8) is 0 Å². The van der Waals surface area contributed by atoms with Gasteiger partial charge in [0, 0.05) is 16.2 Å². The highest BCUT2D eigenvalue weighted by Crippen LogP contribution is 2.48. The zero-order chi connectivity index (χ0) is 35.6. The van der Waals surface area contributed by atoms with Crippen LogP contribution in [0.5, 0.6) is 0 Å². The SMILES string of the molecule is CC1(C)c2cccc3c2B2c4c1cccc4C(C)(C)c1cc(-c4cccc(-c5cc(-c6ccccc6)cc(-c6ccccc6)c5)c4)cc(c12)C3(C)C. The first-order chi connectivity index (χ1) is 25.0. The second-order valence-electron chi connectivity index (χ2n) is 16.9. The van der Waals surface area contributed by atoms with Crippen molar-refractivity contribution in [2.45, 2.75) is 57.8 Å². The molecule has 52 heavy (non-hydrogen) atoms. The van der Waals surface area contributed by atoms with Crippen molar-refractivity contribution in [1.29, 1.82) is 0 Å². The Labute approximate surface area is 309 Å². The second-order valence-corrected chi connectivity index (χ2v) is 16.9. The molecule has 7 aromatic rings. The lowest BCUT2D eigenvalue weighted by atomic mass is 9.23. The fraction of sp³-hybridized carbons (Fsp3) is 0.176. The summed E-state index contributed by atoms with van der Waals surface area (Å²) in [6.45, 7) is 15.0. The van der Waals surface area contributed by atoms with Crippen molar-refractivity contribution in [2.75, 3.05) is 0 Å². The first-order valence-corrected chi connectivity index (χ1v) is 18.9. The second kappa shape index (κ2) is 10.8. The Morgan fingerprint density at radius 1 is 0.269 bits per heavy atom. The summed E-state index contributed by atoms with van der Waals surface area (Å²) in [4.78, 5) is 0. The molecule has 3 aliphatic heterocycles. The molecule has 0 spiro atoms. The fourth-order valence-corrected chi connectivity index (χ4v) is 10.2. The van der Waals surface area contributed by atoms with E-state index in [1.807, 2.05) is 0 Å². The molecule has 0 unspecified atom stereocenters. The van der Waals surface area contributed by atoms with Crippen LogP contribution >= 0.6 is 0 Å². The van der Waals surface area contributed by atoms with Gasteiger partial charge in [0.2, 0.25) is 6.71 Å². The van der Waals surface area contributed by atoms with Gasteiger partial charge in [-0.05, 0) is 102 Å². The molecule has 3 heterocycles. The van der Waals surface area contributed by atoms with E-state index in [9.17, 15) is 0 Å². The molecule has 10 rings (SSSR count). The van der Waals surface area contributed by atoms with Gasteiger partial charge in [-0.25, -0.2) is 0 Å². The van der Waals surface area contributed by atoms with Crippen LogP contribution in [0.15, 0.2) is 152 Å². The van der Waals surface area contributed by atoms with Crippen LogP contribution in [0.25, 0.3) is 44.5 Å². The lowest BCUT2D eigenvalue weighted by molar-refractivity contribution is 0.599. The van der Waals surface area contributed by atoms with E-state index >= 15 is 0 Å². The van der Waals surface area contributed by atoms with Gasteiger partial charge in [0.05, 0.1) is 0 Å². The maximum Gasteiger partial charge on any atom is 0.243 e. The average Bonchev–Trinajstić information content (AvgIpc) is 3.17. The van der Waals surface area contributed by atoms with Crippen LogP contribution in [-0.4, -0.2) is 6.71 Å². The Hall–Kier alpha value is -5.40. The van der Waals surface area contributed by atoms with E-state index in [1.54, 1.807) is 16.4 Å². The summed E-state index contributed by atoms with van der Waals surface area (Å²) in [5.41, 5.74) is 23.2. The molecule has 0 saturated carbocycles. The highest BCUT2D eigenvalue weighted by Gasteiger charge is 2.53. The van der Waals surface area contributed by atoms with Crippen LogP contribution < -0.4 is 16.4 Å². The molecule has 7 aromatic carbocycles. The summed E-state index contributed by atoms with van der Waals surface area (Å²) < 4.78 is 0. The minimum Gasteiger partial charge on any atom is -0.0622 e. The molecule has 0 atom stereocenters. The molecule has 0 radical (unpaired) electrons. The molecular formula is C51H43B. The molecular weight excluding hydrogens is 623 g/mol. The van der Waals surface area contributed by atoms with Gasteiger partial charge in [-0.15, -0.1) is 0 Å². The Kier molecular flexibility index (Phi) is 6.52. The minimum atomic E-state index is -0.135. The molecule has 0 aromatic heterocycles. The summed E-state index contributed by atoms with van der Waals surface area (Å²) >= 11 is 0. The number of rotatable bonds is 4. The lowest BCUT2D eigenvalue weighted by Crippen LogP contribution is -2.71. The molecule has 1 heteroatoms. The third kappa shape index (κ3) is 4.29. The van der Waals surface area contributed by atoms with E-state index in [1.165, 1.54) is 77.9 Å². The van der Waals surface area contributed by atoms with Crippen LogP contribution in [0, 0.1) is 0 Å². The largest absolute Gasteiger partial charge is 0.243 e. The van der Waals surface area contributed by atoms with Crippen molar-refractivity contribution in [3.05, 3.63) is 185 Å². The third-order valence-electron chi connectivity index (χ3n) is 13.0. The van der Waals surface area contributed by atoms with Gasteiger partial charge in [-0.2, -0.15) is 0 Å². The first-order valence-electron chi connectivity index (χ1n) is 18.9. The molecule has 3 aliphatic rings. The van der Waals surface area contributed by atoms with Crippen molar-refractivity contribution in [1.82, 2.24) is 0 Å². The Balaban J connectivity index is 1.18. The quantitative estimate of drug-likeness (QED) is 0.164. The maximum absolute atomic E-state index is 2.55. The normalized spacial score (nSPS) is 16.3. The average molecular weight is 667 g/mol. The van der Waals surface area contributed by atoms with Crippen molar-refractivity contribution >= 4 is 23.1 Å². The number of hydrogen-bond acceptors (Lipinski definition) is 0. The Morgan fingerprint density at radius 2 is 0.558 bits per heavy atom. The highest BCUT2D eigenvalue weighted by atomic mass is 14.5. The zero-order valence-corrected chi connectivity index (χ0v) is 31.0. The van der Waals surface area contributed by atoms with Crippen LogP contribution in [0.3, 0.4) is 0 Å². The van der Waals surface area contributed by atoms with Crippen molar-refractivity contribution in [2.24, 2.45) is 0 Å². The summed E-state index contributed by atoms with van der Waals surface area (Å²) in [5.74, 6) is 0. The molecule has 250 valence electrons. The zero-order valence-electron chi connectivity index (χ0n) is 31.0. The molecule has 0 aliphatic carbocycles. The molecule has 0 fully saturated rings. The smallest absolute Gasteiger partial charge is 0.0622 e. The predicted octanol–water partition coefficient (Wildman–Crippen LogP) is 10.8. The standard InChI is InChI=1S/C51H43B/c1-49(2)40-22-14-24-42-46(40)52-47-41(49)23-15-25-43(47)51(5,6)45-31-39(30-44(48(45)52)50(42,3)4)35-21-13-20-34(26-35)38-28-36(32-16-9-7-10-17-32)27-37(29-38)33-18-11-8-12-19-33/h7-31H,1-6H3. The summed E-state index contributed by atoms with van der Waals surface area (Å²) in [6, 6.07) is 57.2. The lowest BCUT2D eigenvalue weighted by Gasteiger charge is -2.52. The number of benzene rings is 7. The first kappa shape index (κ1) is 31.3. The van der Waals surface area contributed by atoms with Crippen LogP contribution in [-0.2, 0) is 16.2 Å². The topological polar surface area (TPSA) is 0 Å². The Bertz CT molecular complexity index is 2440. The third-order valence-corrected chi connectivity index (χ3v) is 13.0. The van der Waals surface area contributed by atoms with Crippen LogP contribution in [0.4, 0.5) is 0 Å². The van der Waals surface area contributed by atoms with E-state index in [2.05, 4.69) is 193 Å². The minimum absolute atomic E-state index is 0.0487. The summed E-state index contributed by atoms with van der Waals surface area (Å²) in [6.07, 6.45) is 0. The summed E-state index contributed by atoms with van der Waals surface area (Å²) in [7, 11) is 0. The number of hydrogen-bond donors (Lipinski definition) is 0. The van der Waals surface area contributed by atoms with E-state index in [-0.39, 0.29) is 23.0 Å². The maximum atomic E-state index is 2.55. The van der Waals surface area contributed by atoms with E-state index in [0.29, 0.717) is 0 Å². The van der Waals surface area contributed by atoms with Gasteiger partial charge >= 0.3 is 0 Å². The molecule has 0 nitrogen and oxygen atoms in total. The van der Waals surface area contributed by atoms with Crippen LogP contribution in [0.1, 0.15) is 74.9 Å². The highest BCUT2D eigenvalue weighted by molar-refractivity contribution is 6.98. The van der Waals surface area contributed by atoms with Gasteiger partial charge in [-0.3, -0.25) is 0 Å².